The maximum atomic E-state index is 11.2. The zero-order valence-electron chi connectivity index (χ0n) is 10.0. The lowest BCUT2D eigenvalue weighted by atomic mass is 9.90. The molecule has 2 atom stereocenters. The van der Waals surface area contributed by atoms with E-state index in [1.807, 2.05) is 19.1 Å². The summed E-state index contributed by atoms with van der Waals surface area (Å²) >= 11 is 0. The fourth-order valence-corrected chi connectivity index (χ4v) is 2.05. The van der Waals surface area contributed by atoms with E-state index in [1.54, 1.807) is 0 Å². The minimum Gasteiger partial charge on any atom is -0.481 e. The number of carboxylic acid groups (broad SMARTS) is 1. The van der Waals surface area contributed by atoms with Crippen molar-refractivity contribution in [3.63, 3.8) is 0 Å². The summed E-state index contributed by atoms with van der Waals surface area (Å²) in [7, 11) is 0. The monoisotopic (exact) mass is 516 g/mol. The first kappa shape index (κ1) is 27.2. The van der Waals surface area contributed by atoms with Gasteiger partial charge >= 0.3 is 5.97 Å². The Balaban J connectivity index is -0.000000245. The number of rotatable bonds is 4. The first-order chi connectivity index (χ1) is 6.63. The van der Waals surface area contributed by atoms with E-state index in [-0.39, 0.29) is 92.0 Å². The summed E-state index contributed by atoms with van der Waals surface area (Å²) < 4.78 is 0. The molecule has 0 bridgehead atoms. The molecule has 18 heavy (non-hydrogen) atoms. The molecule has 1 rings (SSSR count). The second-order valence-electron chi connectivity index (χ2n) is 3.87. The number of allylic oxidation sites excluding steroid dienone is 2. The van der Waals surface area contributed by atoms with Gasteiger partial charge in [-0.2, -0.15) is 0 Å². The summed E-state index contributed by atoms with van der Waals surface area (Å²) in [5.41, 5.74) is 0. The first-order valence-electron chi connectivity index (χ1n) is 4.98. The van der Waals surface area contributed by atoms with Crippen LogP contribution in [0.25, 0.3) is 0 Å². The summed E-state index contributed by atoms with van der Waals surface area (Å²) in [6.07, 6.45) is 5.93. The van der Waals surface area contributed by atoms with Crippen molar-refractivity contribution in [2.45, 2.75) is 32.6 Å². The predicted molar refractivity (Wildman–Crippen MR) is 94.2 cm³/mol. The van der Waals surface area contributed by atoms with Gasteiger partial charge in [-0.1, -0.05) is 12.2 Å². The molecule has 0 aromatic rings. The topological polar surface area (TPSA) is 54.4 Å². The number of aliphatic carboxylic acids is 1. The Labute approximate surface area is 150 Å². The van der Waals surface area contributed by atoms with Gasteiger partial charge in [0.2, 0.25) is 0 Å². The van der Waals surface area contributed by atoms with Crippen LogP contribution in [0.15, 0.2) is 12.2 Å². The molecule has 0 spiro atoms. The highest BCUT2D eigenvalue weighted by Crippen LogP contribution is 2.34. The Morgan fingerprint density at radius 3 is 2.17 bits per heavy atom. The molecule has 0 heterocycles. The Hall–Kier alpha value is 0.800. The van der Waals surface area contributed by atoms with Crippen molar-refractivity contribution in [3.8, 4) is 0 Å². The number of halogens is 4. The maximum Gasteiger partial charge on any atom is 0.303 e. The number of Topliss-reactive ketones (excluding diaryl/α,β-unsaturated/α-hetero) is 1. The van der Waals surface area contributed by atoms with Gasteiger partial charge in [0.15, 0.2) is 0 Å². The number of ketones is 1. The van der Waals surface area contributed by atoms with Crippen molar-refractivity contribution in [2.24, 2.45) is 11.8 Å². The summed E-state index contributed by atoms with van der Waals surface area (Å²) in [6.45, 7) is 1.93. The first-order valence-corrected chi connectivity index (χ1v) is 4.98. The van der Waals surface area contributed by atoms with E-state index >= 15 is 0 Å². The second kappa shape index (κ2) is 14.2. The van der Waals surface area contributed by atoms with Crippen molar-refractivity contribution < 1.29 is 14.7 Å². The summed E-state index contributed by atoms with van der Waals surface area (Å²) in [5, 5.41) is 8.67. The fourth-order valence-electron chi connectivity index (χ4n) is 2.05. The van der Waals surface area contributed by atoms with E-state index in [4.69, 9.17) is 5.11 Å². The lowest BCUT2D eigenvalue weighted by Crippen LogP contribution is -2.12. The Morgan fingerprint density at radius 2 is 1.72 bits per heavy atom. The van der Waals surface area contributed by atoms with Crippen molar-refractivity contribution in [3.05, 3.63) is 12.2 Å². The summed E-state index contributed by atoms with van der Waals surface area (Å²) in [4.78, 5) is 21.7. The number of carboxylic acids is 1. The van der Waals surface area contributed by atoms with Crippen LogP contribution in [0, 0.1) is 11.8 Å². The average molecular weight is 520 g/mol. The number of hydrogen-bond donors (Lipinski definition) is 1. The second-order valence-corrected chi connectivity index (χ2v) is 3.87. The molecule has 0 aliphatic heterocycles. The molecular formula is C11H20Br4O3. The zero-order chi connectivity index (χ0) is 10.6. The van der Waals surface area contributed by atoms with Crippen molar-refractivity contribution in [2.75, 3.05) is 0 Å². The molecule has 1 fully saturated rings. The van der Waals surface area contributed by atoms with Gasteiger partial charge in [-0.3, -0.25) is 9.59 Å². The minimum absolute atomic E-state index is 0. The molecule has 0 aromatic heterocycles. The standard InChI is InChI=1S/C11H16O3.4BrH/c1-2-3-4-8-5-10(12)6-9(8)7-11(13)14;;;;/h2-3,8-9H,4-7H2,1H3,(H,13,14);4*1H/b3-2-;;;;. The SMILES string of the molecule is Br.Br.Br.Br.C/C=C\CC1CC(=O)CC1CC(=O)O. The third kappa shape index (κ3) is 9.69. The molecule has 0 aromatic carbocycles. The van der Waals surface area contributed by atoms with Crippen LogP contribution in [0.5, 0.6) is 0 Å². The molecule has 2 unspecified atom stereocenters. The molecule has 110 valence electrons. The van der Waals surface area contributed by atoms with Gasteiger partial charge in [-0.15, -0.1) is 67.9 Å². The van der Waals surface area contributed by atoms with Crippen LogP contribution in [-0.4, -0.2) is 16.9 Å². The van der Waals surface area contributed by atoms with Crippen LogP contribution in [-0.2, 0) is 9.59 Å². The molecule has 7 heteroatoms. The summed E-state index contributed by atoms with van der Waals surface area (Å²) in [6, 6.07) is 0. The molecule has 0 amide bonds. The normalized spacial score (nSPS) is 21.3. The van der Waals surface area contributed by atoms with Crippen molar-refractivity contribution in [1.82, 2.24) is 0 Å². The van der Waals surface area contributed by atoms with E-state index < -0.39 is 5.97 Å². The van der Waals surface area contributed by atoms with Gasteiger partial charge in [0.05, 0.1) is 0 Å². The van der Waals surface area contributed by atoms with E-state index in [0.717, 1.165) is 6.42 Å². The van der Waals surface area contributed by atoms with Gasteiger partial charge in [0.1, 0.15) is 5.78 Å². The molecule has 1 saturated carbocycles. The number of hydrogen-bond acceptors (Lipinski definition) is 2. The molecule has 1 N–H and O–H groups in total. The van der Waals surface area contributed by atoms with Gasteiger partial charge < -0.3 is 5.11 Å². The predicted octanol–water partition coefficient (Wildman–Crippen LogP) is 4.33. The van der Waals surface area contributed by atoms with Crippen LogP contribution in [0.4, 0.5) is 0 Å². The lowest BCUT2D eigenvalue weighted by molar-refractivity contribution is -0.138. The number of carbonyl (C=O) groups is 2. The zero-order valence-corrected chi connectivity index (χ0v) is 16.9. The van der Waals surface area contributed by atoms with E-state index in [2.05, 4.69) is 0 Å². The van der Waals surface area contributed by atoms with E-state index in [0.29, 0.717) is 12.8 Å². The van der Waals surface area contributed by atoms with E-state index in [1.165, 1.54) is 0 Å². The van der Waals surface area contributed by atoms with Gasteiger partial charge in [-0.25, -0.2) is 0 Å². The van der Waals surface area contributed by atoms with Crippen LogP contribution in [0.3, 0.4) is 0 Å². The quantitative estimate of drug-likeness (QED) is 0.563. The highest BCUT2D eigenvalue weighted by molar-refractivity contribution is 8.93. The Morgan fingerprint density at radius 1 is 1.22 bits per heavy atom. The molecule has 1 aliphatic rings. The van der Waals surface area contributed by atoms with Gasteiger partial charge in [-0.05, 0) is 25.2 Å². The van der Waals surface area contributed by atoms with Crippen LogP contribution in [0.2, 0.25) is 0 Å². The fraction of sp³-hybridized carbons (Fsp3) is 0.636. The van der Waals surface area contributed by atoms with Gasteiger partial charge in [0, 0.05) is 19.3 Å². The molecule has 0 radical (unpaired) electrons. The Kier molecular flexibility index (Phi) is 21.5. The third-order valence-corrected chi connectivity index (χ3v) is 2.76. The largest absolute Gasteiger partial charge is 0.481 e. The third-order valence-electron chi connectivity index (χ3n) is 2.76. The maximum absolute atomic E-state index is 11.2. The average Bonchev–Trinajstić information content (AvgIpc) is 2.41. The smallest absolute Gasteiger partial charge is 0.303 e. The van der Waals surface area contributed by atoms with Crippen LogP contribution in [0.1, 0.15) is 32.6 Å². The summed E-state index contributed by atoms with van der Waals surface area (Å²) in [5.74, 6) is -0.285. The lowest BCUT2D eigenvalue weighted by Gasteiger charge is -2.14. The molecule has 3 nitrogen and oxygen atoms in total. The van der Waals surface area contributed by atoms with Crippen molar-refractivity contribution >= 4 is 79.7 Å². The highest BCUT2D eigenvalue weighted by atomic mass is 79.9. The minimum atomic E-state index is -0.796. The van der Waals surface area contributed by atoms with Gasteiger partial charge in [0.25, 0.3) is 0 Å². The van der Waals surface area contributed by atoms with E-state index in [9.17, 15) is 9.59 Å². The highest BCUT2D eigenvalue weighted by Gasteiger charge is 2.33. The molecule has 1 aliphatic carbocycles. The van der Waals surface area contributed by atoms with Crippen molar-refractivity contribution in [1.29, 1.82) is 0 Å². The molecule has 0 saturated heterocycles. The number of carbonyl (C=O) groups excluding carboxylic acids is 1. The van der Waals surface area contributed by atoms with Crippen LogP contribution >= 0.6 is 67.9 Å². The van der Waals surface area contributed by atoms with Crippen LogP contribution < -0.4 is 0 Å². The Bertz CT molecular complexity index is 269. The molecular weight excluding hydrogens is 500 g/mol.